The van der Waals surface area contributed by atoms with Crippen molar-refractivity contribution in [3.63, 3.8) is 0 Å². The topological polar surface area (TPSA) is 100 Å². The largest absolute Gasteiger partial charge is 0.380 e. The van der Waals surface area contributed by atoms with Crippen molar-refractivity contribution in [2.75, 3.05) is 5.32 Å². The van der Waals surface area contributed by atoms with Gasteiger partial charge in [-0.25, -0.2) is 4.52 Å². The maximum atomic E-state index is 13.3. The van der Waals surface area contributed by atoms with Gasteiger partial charge in [0.1, 0.15) is 5.15 Å². The number of nitrogens with zero attached hydrogens (tertiary/aromatic N) is 3. The summed E-state index contributed by atoms with van der Waals surface area (Å²) in [5.74, 6) is -0.179. The van der Waals surface area contributed by atoms with Crippen molar-refractivity contribution in [1.29, 1.82) is 0 Å². The molecule has 0 atom stereocenters. The molecule has 0 saturated heterocycles. The number of carbonyl (C=O) groups is 2. The number of pyridine rings is 1. The van der Waals surface area contributed by atoms with Gasteiger partial charge in [-0.05, 0) is 63.3 Å². The second-order valence-corrected chi connectivity index (χ2v) is 9.19. The Balaban J connectivity index is 1.62. The molecule has 174 valence electrons. The molecule has 0 spiro atoms. The van der Waals surface area contributed by atoms with Gasteiger partial charge in [-0.3, -0.25) is 14.6 Å². The second kappa shape index (κ2) is 9.79. The molecule has 9 heteroatoms. The molecule has 0 radical (unpaired) electrons. The zero-order chi connectivity index (χ0) is 23.5. The molecular weight excluding hydrogens is 440 g/mol. The summed E-state index contributed by atoms with van der Waals surface area (Å²) in [5, 5.41) is 14.5. The third-order valence-corrected chi connectivity index (χ3v) is 6.25. The van der Waals surface area contributed by atoms with E-state index in [1.165, 1.54) is 6.92 Å². The van der Waals surface area contributed by atoms with Crippen LogP contribution in [0, 0.1) is 0 Å². The molecule has 0 aromatic carbocycles. The summed E-state index contributed by atoms with van der Waals surface area (Å²) in [4.78, 5) is 28.6. The van der Waals surface area contributed by atoms with Crippen LogP contribution in [-0.4, -0.2) is 44.5 Å². The smallest absolute Gasteiger partial charge is 0.255 e. The average molecular weight is 469 g/mol. The summed E-state index contributed by atoms with van der Waals surface area (Å²) in [6.45, 7) is 5.58. The Morgan fingerprint density at radius 3 is 2.33 bits per heavy atom. The van der Waals surface area contributed by atoms with Gasteiger partial charge in [0.2, 0.25) is 5.91 Å². The highest BCUT2D eigenvalue weighted by Crippen LogP contribution is 2.35. The van der Waals surface area contributed by atoms with E-state index in [9.17, 15) is 9.59 Å². The fourth-order valence-corrected chi connectivity index (χ4v) is 4.66. The molecule has 33 heavy (non-hydrogen) atoms. The van der Waals surface area contributed by atoms with Crippen molar-refractivity contribution in [3.8, 4) is 11.1 Å². The predicted octanol–water partition coefficient (Wildman–Crippen LogP) is 4.05. The molecule has 3 aromatic heterocycles. The van der Waals surface area contributed by atoms with E-state index >= 15 is 0 Å². The standard InChI is InChI=1S/C24H29ClN6O2/c1-14(2)28-22-20(24(33)30-18-6-4-17(5-7-18)29-15(3)32)13-27-31-21(22)12-19(23(31)25)16-8-10-26-11-9-16/h8-14,17-18,28H,4-7H2,1-3H3,(H,29,32)(H,30,33). The molecule has 0 bridgehead atoms. The van der Waals surface area contributed by atoms with E-state index in [0.29, 0.717) is 16.4 Å². The minimum Gasteiger partial charge on any atom is -0.380 e. The van der Waals surface area contributed by atoms with Crippen LogP contribution in [0.3, 0.4) is 0 Å². The summed E-state index contributed by atoms with van der Waals surface area (Å²) in [5.41, 5.74) is 3.68. The van der Waals surface area contributed by atoms with E-state index < -0.39 is 0 Å². The van der Waals surface area contributed by atoms with Gasteiger partial charge in [0.25, 0.3) is 5.91 Å². The zero-order valence-electron chi connectivity index (χ0n) is 19.1. The normalized spacial score (nSPS) is 18.3. The zero-order valence-corrected chi connectivity index (χ0v) is 19.8. The monoisotopic (exact) mass is 468 g/mol. The van der Waals surface area contributed by atoms with Gasteiger partial charge in [-0.1, -0.05) is 11.6 Å². The summed E-state index contributed by atoms with van der Waals surface area (Å²) < 4.78 is 1.65. The second-order valence-electron chi connectivity index (χ2n) is 8.84. The highest BCUT2D eigenvalue weighted by Gasteiger charge is 2.26. The first-order chi connectivity index (χ1) is 15.8. The molecule has 1 aliphatic carbocycles. The van der Waals surface area contributed by atoms with Gasteiger partial charge < -0.3 is 16.0 Å². The van der Waals surface area contributed by atoms with E-state index in [1.54, 1.807) is 23.1 Å². The minimum absolute atomic E-state index is 0.0109. The van der Waals surface area contributed by atoms with Gasteiger partial charge in [-0.2, -0.15) is 5.10 Å². The molecule has 4 rings (SSSR count). The molecule has 3 N–H and O–H groups in total. The SMILES string of the molecule is CC(=O)NC1CCC(NC(=O)c2cnn3c(Cl)c(-c4ccncc4)cc3c2NC(C)C)CC1. The molecule has 2 amide bonds. The Morgan fingerprint density at radius 1 is 1.09 bits per heavy atom. The highest BCUT2D eigenvalue weighted by molar-refractivity contribution is 6.33. The van der Waals surface area contributed by atoms with Gasteiger partial charge in [0, 0.05) is 43.0 Å². The molecule has 1 fully saturated rings. The van der Waals surface area contributed by atoms with Crippen molar-refractivity contribution in [2.45, 2.75) is 64.6 Å². The number of fused-ring (bicyclic) bond motifs is 1. The maximum Gasteiger partial charge on any atom is 0.255 e. The molecule has 0 aliphatic heterocycles. The molecule has 1 saturated carbocycles. The number of aromatic nitrogens is 3. The lowest BCUT2D eigenvalue weighted by atomic mass is 9.91. The summed E-state index contributed by atoms with van der Waals surface area (Å²) in [6, 6.07) is 6.08. The Labute approximate surface area is 198 Å². The third-order valence-electron chi connectivity index (χ3n) is 5.88. The maximum absolute atomic E-state index is 13.3. The fraction of sp³-hybridized carbons (Fsp3) is 0.417. The molecule has 8 nitrogen and oxygen atoms in total. The molecule has 0 unspecified atom stereocenters. The Bertz CT molecular complexity index is 1150. The van der Waals surface area contributed by atoms with Gasteiger partial charge in [-0.15, -0.1) is 0 Å². The van der Waals surface area contributed by atoms with E-state index in [1.807, 2.05) is 32.0 Å². The van der Waals surface area contributed by atoms with Crippen molar-refractivity contribution >= 4 is 34.6 Å². The number of nitrogens with one attached hydrogen (secondary N) is 3. The Hall–Kier alpha value is -3.13. The Morgan fingerprint density at radius 2 is 1.73 bits per heavy atom. The first kappa shape index (κ1) is 23.0. The predicted molar refractivity (Wildman–Crippen MR) is 130 cm³/mol. The van der Waals surface area contributed by atoms with Crippen LogP contribution < -0.4 is 16.0 Å². The lowest BCUT2D eigenvalue weighted by Crippen LogP contribution is -2.43. The van der Waals surface area contributed by atoms with Crippen LogP contribution in [0.15, 0.2) is 36.8 Å². The minimum atomic E-state index is -0.168. The van der Waals surface area contributed by atoms with E-state index in [0.717, 1.165) is 42.3 Å². The van der Waals surface area contributed by atoms with Crippen molar-refractivity contribution < 1.29 is 9.59 Å². The van der Waals surface area contributed by atoms with Gasteiger partial charge >= 0.3 is 0 Å². The number of amides is 2. The van der Waals surface area contributed by atoms with E-state index in [2.05, 4.69) is 26.0 Å². The molecule has 3 aromatic rings. The van der Waals surface area contributed by atoms with Crippen LogP contribution in [-0.2, 0) is 4.79 Å². The first-order valence-corrected chi connectivity index (χ1v) is 11.7. The van der Waals surface area contributed by atoms with Crippen LogP contribution in [0.1, 0.15) is 56.8 Å². The van der Waals surface area contributed by atoms with Crippen molar-refractivity contribution in [1.82, 2.24) is 25.2 Å². The number of hydrogen-bond acceptors (Lipinski definition) is 5. The van der Waals surface area contributed by atoms with Gasteiger partial charge in [0.15, 0.2) is 0 Å². The highest BCUT2D eigenvalue weighted by atomic mass is 35.5. The Kier molecular flexibility index (Phi) is 6.83. The van der Waals surface area contributed by atoms with E-state index in [-0.39, 0.29) is 29.9 Å². The van der Waals surface area contributed by atoms with Crippen LogP contribution in [0.25, 0.3) is 16.6 Å². The number of anilines is 1. The molecule has 1 aliphatic rings. The lowest BCUT2D eigenvalue weighted by Gasteiger charge is -2.29. The molecule has 3 heterocycles. The summed E-state index contributed by atoms with van der Waals surface area (Å²) in [6.07, 6.45) is 8.34. The summed E-state index contributed by atoms with van der Waals surface area (Å²) in [7, 11) is 0. The van der Waals surface area contributed by atoms with Gasteiger partial charge in [0.05, 0.1) is 23.0 Å². The fourth-order valence-electron chi connectivity index (χ4n) is 4.37. The van der Waals surface area contributed by atoms with Crippen LogP contribution in [0.2, 0.25) is 5.15 Å². The number of carbonyl (C=O) groups excluding carboxylic acids is 2. The first-order valence-electron chi connectivity index (χ1n) is 11.3. The number of hydrogen-bond donors (Lipinski definition) is 3. The lowest BCUT2D eigenvalue weighted by molar-refractivity contribution is -0.119. The van der Waals surface area contributed by atoms with Crippen LogP contribution in [0.5, 0.6) is 0 Å². The quantitative estimate of drug-likeness (QED) is 0.506. The number of rotatable bonds is 6. The number of halogens is 1. The third kappa shape index (κ3) is 5.11. The van der Waals surface area contributed by atoms with Crippen LogP contribution >= 0.6 is 11.6 Å². The summed E-state index contributed by atoms with van der Waals surface area (Å²) >= 11 is 6.66. The van der Waals surface area contributed by atoms with Crippen molar-refractivity contribution in [2.24, 2.45) is 0 Å². The average Bonchev–Trinajstić information content (AvgIpc) is 3.12. The van der Waals surface area contributed by atoms with Crippen LogP contribution in [0.4, 0.5) is 5.69 Å². The van der Waals surface area contributed by atoms with Crippen molar-refractivity contribution in [3.05, 3.63) is 47.5 Å². The molecular formula is C24H29ClN6O2. The van der Waals surface area contributed by atoms with E-state index in [4.69, 9.17) is 11.6 Å².